The predicted octanol–water partition coefficient (Wildman–Crippen LogP) is -0.195. The summed E-state index contributed by atoms with van der Waals surface area (Å²) in [7, 11) is 1.48. The van der Waals surface area contributed by atoms with Gasteiger partial charge in [0.15, 0.2) is 0 Å². The summed E-state index contributed by atoms with van der Waals surface area (Å²) < 4.78 is 4.82. The van der Waals surface area contributed by atoms with Gasteiger partial charge in [-0.2, -0.15) is 0 Å². The number of carboxylic acid groups (broad SMARTS) is 1. The number of methoxy groups -OCH3 is 1. The normalized spacial score (nSPS) is 26.0. The van der Waals surface area contributed by atoms with E-state index < -0.39 is 5.97 Å². The largest absolute Gasteiger partial charge is 0.481 e. The summed E-state index contributed by atoms with van der Waals surface area (Å²) in [6, 6.07) is 0. The van der Waals surface area contributed by atoms with Crippen molar-refractivity contribution in [1.82, 2.24) is 9.80 Å². The summed E-state index contributed by atoms with van der Waals surface area (Å²) in [5.41, 5.74) is 0. The summed E-state index contributed by atoms with van der Waals surface area (Å²) >= 11 is 0. The van der Waals surface area contributed by atoms with Gasteiger partial charge in [-0.05, 0) is 19.3 Å². The number of carboxylic acids is 1. The molecule has 1 aliphatic heterocycles. The van der Waals surface area contributed by atoms with Crippen LogP contribution in [0.5, 0.6) is 0 Å². The molecule has 0 aromatic heterocycles. The Bertz CT molecular complexity index is 418. The Morgan fingerprint density at radius 3 is 2.14 bits per heavy atom. The molecule has 21 heavy (non-hydrogen) atoms. The first-order valence-electron chi connectivity index (χ1n) is 7.31. The average Bonchev–Trinajstić information content (AvgIpc) is 2.97. The Balaban J connectivity index is 1.81. The van der Waals surface area contributed by atoms with Crippen LogP contribution in [0.4, 0.5) is 0 Å². The SMILES string of the molecule is COCC(=O)N1CCN(C(=O)C2CCC(C(=O)O)C2)CC1. The number of rotatable bonds is 4. The van der Waals surface area contributed by atoms with E-state index in [0.29, 0.717) is 45.4 Å². The summed E-state index contributed by atoms with van der Waals surface area (Å²) in [6.07, 6.45) is 1.67. The maximum atomic E-state index is 12.4. The van der Waals surface area contributed by atoms with Crippen LogP contribution in [0.1, 0.15) is 19.3 Å². The van der Waals surface area contributed by atoms with Crippen LogP contribution in [0, 0.1) is 11.8 Å². The van der Waals surface area contributed by atoms with Gasteiger partial charge in [-0.3, -0.25) is 14.4 Å². The van der Waals surface area contributed by atoms with Crippen molar-refractivity contribution in [1.29, 1.82) is 0 Å². The summed E-state index contributed by atoms with van der Waals surface area (Å²) in [4.78, 5) is 38.5. The molecule has 2 rings (SSSR count). The maximum Gasteiger partial charge on any atom is 0.306 e. The smallest absolute Gasteiger partial charge is 0.306 e. The lowest BCUT2D eigenvalue weighted by atomic mass is 10.0. The molecule has 1 N–H and O–H groups in total. The fourth-order valence-electron chi connectivity index (χ4n) is 3.08. The second-order valence-corrected chi connectivity index (χ2v) is 5.68. The van der Waals surface area contributed by atoms with E-state index in [1.165, 1.54) is 7.11 Å². The van der Waals surface area contributed by atoms with Gasteiger partial charge in [0, 0.05) is 39.2 Å². The van der Waals surface area contributed by atoms with Crippen molar-refractivity contribution in [3.05, 3.63) is 0 Å². The maximum absolute atomic E-state index is 12.4. The Labute approximate surface area is 123 Å². The van der Waals surface area contributed by atoms with Crippen LogP contribution in [0.2, 0.25) is 0 Å². The van der Waals surface area contributed by atoms with Gasteiger partial charge in [0.25, 0.3) is 0 Å². The monoisotopic (exact) mass is 298 g/mol. The highest BCUT2D eigenvalue weighted by atomic mass is 16.5. The number of amides is 2. The molecule has 2 amide bonds. The summed E-state index contributed by atoms with van der Waals surface area (Å²) in [5.74, 6) is -1.38. The molecule has 0 radical (unpaired) electrons. The number of piperazine rings is 1. The minimum absolute atomic E-state index is 0.0394. The van der Waals surface area contributed by atoms with Crippen LogP contribution >= 0.6 is 0 Å². The molecule has 0 aromatic carbocycles. The highest BCUT2D eigenvalue weighted by Crippen LogP contribution is 2.32. The third kappa shape index (κ3) is 3.72. The first kappa shape index (κ1) is 15.8. The molecular weight excluding hydrogens is 276 g/mol. The Kier molecular flexibility index (Phi) is 5.17. The zero-order valence-electron chi connectivity index (χ0n) is 12.3. The minimum Gasteiger partial charge on any atom is -0.481 e. The lowest BCUT2D eigenvalue weighted by Crippen LogP contribution is -2.52. The first-order chi connectivity index (χ1) is 10.0. The Morgan fingerprint density at radius 2 is 1.62 bits per heavy atom. The molecule has 1 saturated carbocycles. The molecular formula is C14H22N2O5. The van der Waals surface area contributed by atoms with E-state index in [9.17, 15) is 14.4 Å². The number of aliphatic carboxylic acids is 1. The number of ether oxygens (including phenoxy) is 1. The molecule has 0 aromatic rings. The van der Waals surface area contributed by atoms with Crippen molar-refractivity contribution in [3.8, 4) is 0 Å². The summed E-state index contributed by atoms with van der Waals surface area (Å²) in [6.45, 7) is 2.13. The van der Waals surface area contributed by atoms with Crippen LogP contribution in [0.15, 0.2) is 0 Å². The van der Waals surface area contributed by atoms with Crippen molar-refractivity contribution >= 4 is 17.8 Å². The van der Waals surface area contributed by atoms with E-state index in [2.05, 4.69) is 0 Å². The Morgan fingerprint density at radius 1 is 1.05 bits per heavy atom. The van der Waals surface area contributed by atoms with E-state index in [4.69, 9.17) is 9.84 Å². The van der Waals surface area contributed by atoms with Gasteiger partial charge in [0.05, 0.1) is 5.92 Å². The highest BCUT2D eigenvalue weighted by molar-refractivity contribution is 5.82. The first-order valence-corrected chi connectivity index (χ1v) is 7.31. The van der Waals surface area contributed by atoms with E-state index >= 15 is 0 Å². The predicted molar refractivity (Wildman–Crippen MR) is 73.5 cm³/mol. The highest BCUT2D eigenvalue weighted by Gasteiger charge is 2.36. The second-order valence-electron chi connectivity index (χ2n) is 5.68. The molecule has 2 fully saturated rings. The molecule has 2 unspecified atom stereocenters. The number of hydrogen-bond donors (Lipinski definition) is 1. The van der Waals surface area contributed by atoms with Gasteiger partial charge < -0.3 is 19.6 Å². The van der Waals surface area contributed by atoms with Gasteiger partial charge in [-0.1, -0.05) is 0 Å². The standard InChI is InChI=1S/C14H22N2O5/c1-21-9-12(17)15-4-6-16(7-5-15)13(18)10-2-3-11(8-10)14(19)20/h10-11H,2-9H2,1H3,(H,19,20). The van der Waals surface area contributed by atoms with Gasteiger partial charge in [0.1, 0.15) is 6.61 Å². The lowest BCUT2D eigenvalue weighted by molar-refractivity contribution is -0.144. The van der Waals surface area contributed by atoms with Crippen molar-refractivity contribution in [2.45, 2.75) is 19.3 Å². The third-order valence-corrected chi connectivity index (χ3v) is 4.34. The van der Waals surface area contributed by atoms with Crippen LogP contribution in [-0.2, 0) is 19.1 Å². The average molecular weight is 298 g/mol. The zero-order chi connectivity index (χ0) is 15.4. The minimum atomic E-state index is -0.805. The molecule has 2 aliphatic rings. The second kappa shape index (κ2) is 6.89. The molecule has 1 saturated heterocycles. The van der Waals surface area contributed by atoms with Crippen molar-refractivity contribution in [2.75, 3.05) is 39.9 Å². The van der Waals surface area contributed by atoms with Crippen LogP contribution in [0.3, 0.4) is 0 Å². The quantitative estimate of drug-likeness (QED) is 0.777. The number of carbonyl (C=O) groups excluding carboxylic acids is 2. The molecule has 0 spiro atoms. The number of carbonyl (C=O) groups is 3. The van der Waals surface area contributed by atoms with Crippen molar-refractivity contribution in [3.63, 3.8) is 0 Å². The molecule has 7 nitrogen and oxygen atoms in total. The molecule has 1 heterocycles. The van der Waals surface area contributed by atoms with E-state index in [0.717, 1.165) is 0 Å². The lowest BCUT2D eigenvalue weighted by Gasteiger charge is -2.35. The fraction of sp³-hybridized carbons (Fsp3) is 0.786. The van der Waals surface area contributed by atoms with Crippen LogP contribution < -0.4 is 0 Å². The van der Waals surface area contributed by atoms with Crippen molar-refractivity contribution < 1.29 is 24.2 Å². The van der Waals surface area contributed by atoms with E-state index in [1.807, 2.05) is 0 Å². The summed E-state index contributed by atoms with van der Waals surface area (Å²) in [5, 5.41) is 8.99. The van der Waals surface area contributed by atoms with Crippen LogP contribution in [-0.4, -0.2) is 72.6 Å². The molecule has 1 aliphatic carbocycles. The van der Waals surface area contributed by atoms with Crippen LogP contribution in [0.25, 0.3) is 0 Å². The Hall–Kier alpha value is -1.63. The molecule has 118 valence electrons. The number of hydrogen-bond acceptors (Lipinski definition) is 4. The van der Waals surface area contributed by atoms with Crippen molar-refractivity contribution in [2.24, 2.45) is 11.8 Å². The molecule has 0 bridgehead atoms. The fourth-order valence-corrected chi connectivity index (χ4v) is 3.08. The number of nitrogens with zero attached hydrogens (tertiary/aromatic N) is 2. The van der Waals surface area contributed by atoms with E-state index in [1.54, 1.807) is 9.80 Å². The molecule has 2 atom stereocenters. The zero-order valence-corrected chi connectivity index (χ0v) is 12.3. The topological polar surface area (TPSA) is 87.2 Å². The third-order valence-electron chi connectivity index (χ3n) is 4.34. The van der Waals surface area contributed by atoms with E-state index in [-0.39, 0.29) is 30.3 Å². The van der Waals surface area contributed by atoms with Gasteiger partial charge in [-0.25, -0.2) is 0 Å². The van der Waals surface area contributed by atoms with Gasteiger partial charge >= 0.3 is 5.97 Å². The van der Waals surface area contributed by atoms with Gasteiger partial charge in [0.2, 0.25) is 11.8 Å². The molecule has 7 heteroatoms. The van der Waals surface area contributed by atoms with Gasteiger partial charge in [-0.15, -0.1) is 0 Å².